The molecule has 0 unspecified atom stereocenters. The van der Waals surface area contributed by atoms with Gasteiger partial charge in [-0.2, -0.15) is 0 Å². The normalized spacial score (nSPS) is 13.3. The first-order valence-corrected chi connectivity index (χ1v) is 6.84. The second kappa shape index (κ2) is 5.80. The average molecular weight is 284 g/mol. The highest BCUT2D eigenvalue weighted by Gasteiger charge is 2.29. The Bertz CT molecular complexity index is 673. The molecule has 0 bridgehead atoms. The van der Waals surface area contributed by atoms with Crippen LogP contribution in [0.25, 0.3) is 0 Å². The van der Waals surface area contributed by atoms with Crippen LogP contribution in [0.2, 0.25) is 0 Å². The molecule has 21 heavy (non-hydrogen) atoms. The van der Waals surface area contributed by atoms with Gasteiger partial charge in [-0.1, -0.05) is 30.3 Å². The maximum absolute atomic E-state index is 14.0. The summed E-state index contributed by atoms with van der Waals surface area (Å²) in [6.45, 7) is 0.173. The highest BCUT2D eigenvalue weighted by atomic mass is 19.1. The minimum absolute atomic E-state index is 0.0224. The average Bonchev–Trinajstić information content (AvgIpc) is 2.85. The van der Waals surface area contributed by atoms with Crippen LogP contribution in [0.1, 0.15) is 27.9 Å². The van der Waals surface area contributed by atoms with E-state index in [0.29, 0.717) is 17.4 Å². The number of Topliss-reactive ketones (excluding diaryl/α,β-unsaturated/α-hetero) is 1. The standard InChI is InChI=1S/C16H14BFO3/c18-15-8-12-10-21-17(20)14(12)9-13(15)16(19)7-6-11-4-2-1-3-5-11/h1-5,8-9,20H,6-7,10H2. The molecule has 5 heteroatoms. The van der Waals surface area contributed by atoms with Crippen LogP contribution in [0.5, 0.6) is 0 Å². The molecule has 0 spiro atoms. The number of ketones is 1. The number of hydrogen-bond donors (Lipinski definition) is 1. The molecule has 1 aliphatic rings. The Labute approximate surface area is 122 Å². The Kier molecular flexibility index (Phi) is 3.86. The first-order valence-electron chi connectivity index (χ1n) is 6.84. The lowest BCUT2D eigenvalue weighted by Crippen LogP contribution is -2.29. The first kappa shape index (κ1) is 14.0. The van der Waals surface area contributed by atoms with Crippen molar-refractivity contribution in [2.75, 3.05) is 0 Å². The molecule has 0 atom stereocenters. The van der Waals surface area contributed by atoms with E-state index in [0.717, 1.165) is 5.56 Å². The van der Waals surface area contributed by atoms with E-state index in [1.807, 2.05) is 30.3 Å². The summed E-state index contributed by atoms with van der Waals surface area (Å²) < 4.78 is 19.0. The summed E-state index contributed by atoms with van der Waals surface area (Å²) in [5.74, 6) is -0.817. The van der Waals surface area contributed by atoms with E-state index in [4.69, 9.17) is 4.65 Å². The second-order valence-electron chi connectivity index (χ2n) is 5.10. The first-order chi connectivity index (χ1) is 10.1. The fraction of sp³-hybridized carbons (Fsp3) is 0.188. The SMILES string of the molecule is O=C(CCc1ccccc1)c1cc2c(cc1F)COB2O. The molecular weight excluding hydrogens is 270 g/mol. The maximum Gasteiger partial charge on any atom is 0.491 e. The van der Waals surface area contributed by atoms with Crippen molar-refractivity contribution in [2.45, 2.75) is 19.4 Å². The van der Waals surface area contributed by atoms with Gasteiger partial charge in [-0.3, -0.25) is 4.79 Å². The highest BCUT2D eigenvalue weighted by molar-refractivity contribution is 6.61. The van der Waals surface area contributed by atoms with Gasteiger partial charge in [0.05, 0.1) is 12.2 Å². The zero-order chi connectivity index (χ0) is 14.8. The molecular formula is C16H14BFO3. The van der Waals surface area contributed by atoms with Crippen LogP contribution in [0.3, 0.4) is 0 Å². The van der Waals surface area contributed by atoms with E-state index in [1.165, 1.54) is 12.1 Å². The van der Waals surface area contributed by atoms with Crippen molar-refractivity contribution >= 4 is 18.4 Å². The lowest BCUT2D eigenvalue weighted by atomic mass is 9.78. The van der Waals surface area contributed by atoms with Crippen LogP contribution < -0.4 is 5.46 Å². The van der Waals surface area contributed by atoms with Crippen LogP contribution in [0.15, 0.2) is 42.5 Å². The molecule has 0 fully saturated rings. The Morgan fingerprint density at radius 2 is 2.05 bits per heavy atom. The van der Waals surface area contributed by atoms with Gasteiger partial charge in [-0.25, -0.2) is 4.39 Å². The molecule has 0 aromatic heterocycles. The van der Waals surface area contributed by atoms with E-state index in [1.54, 1.807) is 0 Å². The lowest BCUT2D eigenvalue weighted by Gasteiger charge is -2.06. The molecule has 1 aliphatic heterocycles. The van der Waals surface area contributed by atoms with Gasteiger partial charge in [0.25, 0.3) is 0 Å². The Morgan fingerprint density at radius 3 is 2.81 bits per heavy atom. The molecule has 0 saturated carbocycles. The summed E-state index contributed by atoms with van der Waals surface area (Å²) in [7, 11) is -1.07. The predicted octanol–water partition coefficient (Wildman–Crippen LogP) is 1.86. The van der Waals surface area contributed by atoms with E-state index < -0.39 is 12.9 Å². The molecule has 0 radical (unpaired) electrons. The summed E-state index contributed by atoms with van der Waals surface area (Å²) in [4.78, 5) is 12.2. The smallest absolute Gasteiger partial charge is 0.423 e. The summed E-state index contributed by atoms with van der Waals surface area (Å²) in [5.41, 5.74) is 2.14. The van der Waals surface area contributed by atoms with Gasteiger partial charge in [-0.05, 0) is 35.1 Å². The minimum Gasteiger partial charge on any atom is -0.423 e. The van der Waals surface area contributed by atoms with Crippen LogP contribution in [0.4, 0.5) is 4.39 Å². The number of aryl methyl sites for hydroxylation is 1. The predicted molar refractivity (Wildman–Crippen MR) is 77.9 cm³/mol. The molecule has 1 heterocycles. The van der Waals surface area contributed by atoms with Gasteiger partial charge in [0.15, 0.2) is 5.78 Å². The molecule has 2 aromatic carbocycles. The zero-order valence-corrected chi connectivity index (χ0v) is 11.4. The van der Waals surface area contributed by atoms with E-state index in [2.05, 4.69) is 0 Å². The molecule has 3 rings (SSSR count). The third-order valence-electron chi connectivity index (χ3n) is 3.68. The number of carbonyl (C=O) groups excluding carboxylic acids is 1. The van der Waals surface area contributed by atoms with Gasteiger partial charge in [0, 0.05) is 6.42 Å². The van der Waals surface area contributed by atoms with Crippen molar-refractivity contribution in [2.24, 2.45) is 0 Å². The Hall–Kier alpha value is -1.98. The lowest BCUT2D eigenvalue weighted by molar-refractivity contribution is 0.0979. The molecule has 2 aromatic rings. The van der Waals surface area contributed by atoms with Crippen LogP contribution >= 0.6 is 0 Å². The number of halogens is 1. The minimum atomic E-state index is -1.07. The number of benzene rings is 2. The Balaban J connectivity index is 1.77. The third-order valence-corrected chi connectivity index (χ3v) is 3.68. The number of fused-ring (bicyclic) bond motifs is 1. The van der Waals surface area contributed by atoms with Crippen molar-refractivity contribution in [1.82, 2.24) is 0 Å². The van der Waals surface area contributed by atoms with E-state index in [9.17, 15) is 14.2 Å². The number of hydrogen-bond acceptors (Lipinski definition) is 3. The van der Waals surface area contributed by atoms with Gasteiger partial charge in [0.2, 0.25) is 0 Å². The van der Waals surface area contributed by atoms with Crippen molar-refractivity contribution in [3.05, 3.63) is 65.0 Å². The topological polar surface area (TPSA) is 46.5 Å². The number of rotatable bonds is 4. The summed E-state index contributed by atoms with van der Waals surface area (Å²) >= 11 is 0. The van der Waals surface area contributed by atoms with Crippen molar-refractivity contribution in [3.8, 4) is 0 Å². The fourth-order valence-corrected chi connectivity index (χ4v) is 2.50. The van der Waals surface area contributed by atoms with E-state index >= 15 is 0 Å². The second-order valence-corrected chi connectivity index (χ2v) is 5.10. The van der Waals surface area contributed by atoms with Gasteiger partial charge >= 0.3 is 7.12 Å². The summed E-state index contributed by atoms with van der Waals surface area (Å²) in [5, 5.41) is 9.63. The third kappa shape index (κ3) is 2.89. The monoisotopic (exact) mass is 284 g/mol. The molecule has 3 nitrogen and oxygen atoms in total. The van der Waals surface area contributed by atoms with Gasteiger partial charge in [0.1, 0.15) is 5.82 Å². The molecule has 106 valence electrons. The number of carbonyl (C=O) groups is 1. The Morgan fingerprint density at radius 1 is 1.29 bits per heavy atom. The van der Waals surface area contributed by atoms with Crippen LogP contribution in [0, 0.1) is 5.82 Å². The molecule has 0 saturated heterocycles. The summed E-state index contributed by atoms with van der Waals surface area (Å²) in [6.07, 6.45) is 0.798. The van der Waals surface area contributed by atoms with Gasteiger partial charge in [-0.15, -0.1) is 0 Å². The quantitative estimate of drug-likeness (QED) is 0.688. The fourth-order valence-electron chi connectivity index (χ4n) is 2.50. The molecule has 0 aliphatic carbocycles. The molecule has 1 N–H and O–H groups in total. The highest BCUT2D eigenvalue weighted by Crippen LogP contribution is 2.17. The van der Waals surface area contributed by atoms with Crippen molar-refractivity contribution < 1.29 is 18.9 Å². The zero-order valence-electron chi connectivity index (χ0n) is 11.4. The molecule has 0 amide bonds. The summed E-state index contributed by atoms with van der Waals surface area (Å²) in [6, 6.07) is 12.3. The van der Waals surface area contributed by atoms with E-state index in [-0.39, 0.29) is 24.4 Å². The maximum atomic E-state index is 14.0. The largest absolute Gasteiger partial charge is 0.491 e. The van der Waals surface area contributed by atoms with Gasteiger partial charge < -0.3 is 9.68 Å². The van der Waals surface area contributed by atoms with Crippen LogP contribution in [-0.2, 0) is 17.7 Å². The van der Waals surface area contributed by atoms with Crippen molar-refractivity contribution in [1.29, 1.82) is 0 Å². The van der Waals surface area contributed by atoms with Crippen LogP contribution in [-0.4, -0.2) is 17.9 Å². The van der Waals surface area contributed by atoms with Crippen molar-refractivity contribution in [3.63, 3.8) is 0 Å².